The van der Waals surface area contributed by atoms with E-state index in [1.54, 1.807) is 31.4 Å². The second-order valence-electron chi connectivity index (χ2n) is 7.00. The van der Waals surface area contributed by atoms with E-state index in [9.17, 15) is 4.79 Å². The van der Waals surface area contributed by atoms with Gasteiger partial charge in [-0.15, -0.1) is 0 Å². The van der Waals surface area contributed by atoms with Crippen LogP contribution in [0.5, 0.6) is 11.5 Å². The average Bonchev–Trinajstić information content (AvgIpc) is 3.32. The molecule has 1 amide bonds. The smallest absolute Gasteiger partial charge is 0.277 e. The number of nitrogens with zero attached hydrogens (tertiary/aromatic N) is 1. The molecule has 0 aliphatic heterocycles. The first-order valence-corrected chi connectivity index (χ1v) is 10.5. The van der Waals surface area contributed by atoms with E-state index in [0.29, 0.717) is 28.0 Å². The Bertz CT molecular complexity index is 1270. The molecule has 3 aromatic carbocycles. The van der Waals surface area contributed by atoms with Crippen molar-refractivity contribution in [2.24, 2.45) is 5.10 Å². The third-order valence-electron chi connectivity index (χ3n) is 4.77. The van der Waals surface area contributed by atoms with Gasteiger partial charge in [0.1, 0.15) is 23.0 Å². The summed E-state index contributed by atoms with van der Waals surface area (Å²) in [5, 5.41) is 4.43. The summed E-state index contributed by atoms with van der Waals surface area (Å²) in [5.74, 6) is 1.92. The summed E-state index contributed by atoms with van der Waals surface area (Å²) in [6.07, 6.45) is 1.42. The highest BCUT2D eigenvalue weighted by molar-refractivity contribution is 6.32. The Balaban J connectivity index is 1.33. The minimum absolute atomic E-state index is 0.172. The van der Waals surface area contributed by atoms with Crippen molar-refractivity contribution in [1.82, 2.24) is 5.43 Å². The monoisotopic (exact) mass is 460 g/mol. The van der Waals surface area contributed by atoms with Crippen molar-refractivity contribution in [2.45, 2.75) is 0 Å². The van der Waals surface area contributed by atoms with E-state index in [1.807, 2.05) is 60.7 Å². The maximum Gasteiger partial charge on any atom is 0.277 e. The van der Waals surface area contributed by atoms with Crippen molar-refractivity contribution in [3.63, 3.8) is 0 Å². The molecule has 0 atom stereocenters. The molecule has 1 aromatic heterocycles. The average molecular weight is 461 g/mol. The summed E-state index contributed by atoms with van der Waals surface area (Å²) in [4.78, 5) is 12.2. The summed E-state index contributed by atoms with van der Waals surface area (Å²) < 4.78 is 16.6. The Kier molecular flexibility index (Phi) is 7.07. The molecule has 0 saturated heterocycles. The van der Waals surface area contributed by atoms with Crippen molar-refractivity contribution in [2.75, 3.05) is 13.7 Å². The molecule has 166 valence electrons. The number of hydrogen-bond acceptors (Lipinski definition) is 5. The predicted octanol–water partition coefficient (Wildman–Crippen LogP) is 5.80. The molecule has 4 aromatic rings. The van der Waals surface area contributed by atoms with E-state index in [0.717, 1.165) is 16.7 Å². The summed E-state index contributed by atoms with van der Waals surface area (Å²) >= 11 is 6.17. The number of hydrogen-bond donors (Lipinski definition) is 1. The maximum atomic E-state index is 12.2. The lowest BCUT2D eigenvalue weighted by Crippen LogP contribution is -2.24. The van der Waals surface area contributed by atoms with Crippen LogP contribution in [0.4, 0.5) is 0 Å². The van der Waals surface area contributed by atoms with Crippen LogP contribution in [-0.2, 0) is 4.79 Å². The van der Waals surface area contributed by atoms with Crippen molar-refractivity contribution in [3.05, 3.63) is 95.7 Å². The fourth-order valence-electron chi connectivity index (χ4n) is 3.19. The number of rotatable bonds is 8. The highest BCUT2D eigenvalue weighted by Crippen LogP contribution is 2.31. The number of nitrogens with one attached hydrogen (secondary N) is 1. The Hall–Kier alpha value is -4.03. The molecule has 0 aliphatic rings. The maximum absolute atomic E-state index is 12.2. The van der Waals surface area contributed by atoms with Gasteiger partial charge in [-0.05, 0) is 42.0 Å². The molecule has 0 fully saturated rings. The topological polar surface area (TPSA) is 73.1 Å². The van der Waals surface area contributed by atoms with E-state index in [1.165, 1.54) is 6.21 Å². The Labute approximate surface area is 196 Å². The van der Waals surface area contributed by atoms with Crippen molar-refractivity contribution < 1.29 is 18.7 Å². The number of carbonyl (C=O) groups excluding carboxylic acids is 1. The number of halogens is 1. The van der Waals surface area contributed by atoms with E-state index < -0.39 is 0 Å². The molecule has 4 rings (SSSR count). The highest BCUT2D eigenvalue weighted by Gasteiger charge is 2.09. The van der Waals surface area contributed by atoms with Crippen molar-refractivity contribution in [3.8, 4) is 33.9 Å². The minimum atomic E-state index is -0.386. The number of methoxy groups -OCH3 is 1. The molecule has 0 radical (unpaired) electrons. The number of amides is 1. The molecular weight excluding hydrogens is 440 g/mol. The van der Waals surface area contributed by atoms with Crippen LogP contribution in [0.1, 0.15) is 5.76 Å². The van der Waals surface area contributed by atoms with Crippen LogP contribution in [0.15, 0.2) is 94.4 Å². The molecule has 0 bridgehead atoms. The van der Waals surface area contributed by atoms with Crippen LogP contribution in [0, 0.1) is 0 Å². The Morgan fingerprint density at radius 3 is 2.55 bits per heavy atom. The van der Waals surface area contributed by atoms with Gasteiger partial charge in [-0.2, -0.15) is 5.10 Å². The van der Waals surface area contributed by atoms with Crippen LogP contribution < -0.4 is 14.9 Å². The summed E-state index contributed by atoms with van der Waals surface area (Å²) in [6.45, 7) is -0.172. The van der Waals surface area contributed by atoms with Gasteiger partial charge in [0.2, 0.25) is 0 Å². The molecule has 6 nitrogen and oxygen atoms in total. The quantitative estimate of drug-likeness (QED) is 0.266. The van der Waals surface area contributed by atoms with Gasteiger partial charge in [0, 0.05) is 11.1 Å². The number of furan rings is 1. The number of benzene rings is 3. The van der Waals surface area contributed by atoms with Gasteiger partial charge in [0.05, 0.1) is 18.3 Å². The van der Waals surface area contributed by atoms with Crippen molar-refractivity contribution in [1.29, 1.82) is 0 Å². The zero-order valence-corrected chi connectivity index (χ0v) is 18.6. The Morgan fingerprint density at radius 2 is 1.76 bits per heavy atom. The van der Waals surface area contributed by atoms with Gasteiger partial charge in [0.15, 0.2) is 6.61 Å². The predicted molar refractivity (Wildman–Crippen MR) is 129 cm³/mol. The highest BCUT2D eigenvalue weighted by atomic mass is 35.5. The van der Waals surface area contributed by atoms with E-state index in [2.05, 4.69) is 10.5 Å². The third-order valence-corrected chi connectivity index (χ3v) is 5.07. The fraction of sp³-hybridized carbons (Fsp3) is 0.0769. The molecule has 0 unspecified atom stereocenters. The SMILES string of the molecule is COc1ccc(-c2ccc(C=NNC(=O)COc3ccccc3-c3ccccc3)o2)cc1Cl. The lowest BCUT2D eigenvalue weighted by atomic mass is 10.1. The second kappa shape index (κ2) is 10.5. The zero-order valence-electron chi connectivity index (χ0n) is 17.8. The van der Waals surface area contributed by atoms with Gasteiger partial charge >= 0.3 is 0 Å². The minimum Gasteiger partial charge on any atom is -0.495 e. The first-order valence-electron chi connectivity index (χ1n) is 10.2. The standard InChI is InChI=1S/C26H21ClN2O4/c1-31-25-13-11-19(15-22(25)27)23-14-12-20(33-23)16-28-29-26(30)17-32-24-10-6-5-9-21(24)18-7-3-2-4-8-18/h2-16H,17H2,1H3,(H,29,30). The van der Waals surface area contributed by atoms with E-state index in [4.69, 9.17) is 25.5 Å². The Morgan fingerprint density at radius 1 is 0.970 bits per heavy atom. The number of para-hydroxylation sites is 1. The zero-order chi connectivity index (χ0) is 23.0. The molecule has 1 N–H and O–H groups in total. The number of ether oxygens (including phenoxy) is 2. The first kappa shape index (κ1) is 22.2. The lowest BCUT2D eigenvalue weighted by molar-refractivity contribution is -0.123. The summed E-state index contributed by atoms with van der Waals surface area (Å²) in [6, 6.07) is 26.3. The van der Waals surface area contributed by atoms with Crippen LogP contribution in [-0.4, -0.2) is 25.8 Å². The summed E-state index contributed by atoms with van der Waals surface area (Å²) in [5.41, 5.74) is 5.17. The van der Waals surface area contributed by atoms with E-state index >= 15 is 0 Å². The first-order chi connectivity index (χ1) is 16.1. The molecule has 7 heteroatoms. The van der Waals surface area contributed by atoms with Crippen LogP contribution in [0.3, 0.4) is 0 Å². The van der Waals surface area contributed by atoms with E-state index in [-0.39, 0.29) is 12.5 Å². The van der Waals surface area contributed by atoms with Gasteiger partial charge in [-0.3, -0.25) is 4.79 Å². The van der Waals surface area contributed by atoms with Crippen LogP contribution >= 0.6 is 11.6 Å². The molecule has 1 heterocycles. The van der Waals surface area contributed by atoms with Crippen molar-refractivity contribution >= 4 is 23.7 Å². The molecule has 0 aliphatic carbocycles. The number of carbonyl (C=O) groups is 1. The molecule has 33 heavy (non-hydrogen) atoms. The fourth-order valence-corrected chi connectivity index (χ4v) is 3.45. The van der Waals surface area contributed by atoms with Crippen LogP contribution in [0.25, 0.3) is 22.5 Å². The second-order valence-corrected chi connectivity index (χ2v) is 7.40. The van der Waals surface area contributed by atoms with Gasteiger partial charge in [-0.1, -0.05) is 60.1 Å². The van der Waals surface area contributed by atoms with Crippen LogP contribution in [0.2, 0.25) is 5.02 Å². The number of hydrazone groups is 1. The van der Waals surface area contributed by atoms with Gasteiger partial charge in [-0.25, -0.2) is 5.43 Å². The normalized spacial score (nSPS) is 10.8. The molecule has 0 spiro atoms. The largest absolute Gasteiger partial charge is 0.495 e. The van der Waals surface area contributed by atoms with Gasteiger partial charge < -0.3 is 13.9 Å². The summed E-state index contributed by atoms with van der Waals surface area (Å²) in [7, 11) is 1.56. The molecule has 0 saturated carbocycles. The molecular formula is C26H21ClN2O4. The lowest BCUT2D eigenvalue weighted by Gasteiger charge is -2.10. The van der Waals surface area contributed by atoms with Gasteiger partial charge in [0.25, 0.3) is 5.91 Å². The third kappa shape index (κ3) is 5.61.